The third-order valence-electron chi connectivity index (χ3n) is 1.62. The van der Waals surface area contributed by atoms with Crippen molar-refractivity contribution < 1.29 is 12.6 Å². The van der Waals surface area contributed by atoms with Crippen LogP contribution in [0, 0.1) is 0 Å². The summed E-state index contributed by atoms with van der Waals surface area (Å²) in [5.41, 5.74) is 0. The predicted molar refractivity (Wildman–Crippen MR) is 60.6 cm³/mol. The molecule has 0 bridgehead atoms. The van der Waals surface area contributed by atoms with Crippen molar-refractivity contribution in [1.82, 2.24) is 0 Å². The number of hydrogen-bond acceptors (Lipinski definition) is 3. The molecule has 0 fully saturated rings. The summed E-state index contributed by atoms with van der Waals surface area (Å²) in [6, 6.07) is 0. The van der Waals surface area contributed by atoms with Crippen LogP contribution in [0.2, 0.25) is 0 Å². The summed E-state index contributed by atoms with van der Waals surface area (Å²) in [5, 5.41) is -0.414. The van der Waals surface area contributed by atoms with Gasteiger partial charge < -0.3 is 0 Å². The summed E-state index contributed by atoms with van der Waals surface area (Å²) in [5.74, 6) is 0. The van der Waals surface area contributed by atoms with Gasteiger partial charge in [0.1, 0.15) is 0 Å². The maximum absolute atomic E-state index is 10.6. The zero-order valence-electron chi connectivity index (χ0n) is 6.41. The first-order valence-electron chi connectivity index (χ1n) is 3.52. The summed E-state index contributed by atoms with van der Waals surface area (Å²) < 4.78 is 26.7. The van der Waals surface area contributed by atoms with Gasteiger partial charge in [0.15, 0.2) is 0 Å². The fourth-order valence-corrected chi connectivity index (χ4v) is 2.89. The molecule has 0 amide bonds. The van der Waals surface area contributed by atoms with Gasteiger partial charge in [0.05, 0.1) is 11.5 Å². The molecule has 0 N–H and O–H groups in total. The average Bonchev–Trinajstić information content (AvgIpc) is 1.96. The molecule has 0 saturated heterocycles. The first-order chi connectivity index (χ1) is 5.90. The van der Waals surface area contributed by atoms with Gasteiger partial charge in [-0.25, -0.2) is 0 Å². The molecule has 1 aliphatic rings. The summed E-state index contributed by atoms with van der Waals surface area (Å²) in [6.07, 6.45) is 2.76. The molecule has 3 nitrogen and oxygen atoms in total. The summed E-state index contributed by atoms with van der Waals surface area (Å²) in [4.78, 5) is 0. The van der Waals surface area contributed by atoms with Gasteiger partial charge in [-0.15, -0.1) is 11.6 Å². The van der Waals surface area contributed by atoms with Gasteiger partial charge in [-0.2, -0.15) is 8.42 Å². The van der Waals surface area contributed by atoms with Crippen molar-refractivity contribution in [3.63, 3.8) is 0 Å². The van der Waals surface area contributed by atoms with E-state index in [4.69, 9.17) is 22.3 Å². The van der Waals surface area contributed by atoms with E-state index in [0.29, 0.717) is 6.42 Å². The van der Waals surface area contributed by atoms with Crippen molar-refractivity contribution >= 4 is 54.2 Å². The SMILES string of the molecule is O=S(=O)(Cl)O[C@H]1CCC=C(I)[C@@H]1Cl. The Kier molecular flexibility index (Phi) is 4.31. The smallest absolute Gasteiger partial charge is 0.253 e. The maximum Gasteiger partial charge on any atom is 0.355 e. The standard InChI is InChI=1S/C6H7Cl2IO3S/c7-6-4(9)2-1-3-5(6)12-13(8,10)11/h2,5-6H,1,3H2/t5-,6-/m0/s1. The highest BCUT2D eigenvalue weighted by atomic mass is 127. The van der Waals surface area contributed by atoms with Gasteiger partial charge in [-0.05, 0) is 35.4 Å². The third kappa shape index (κ3) is 3.91. The molecule has 0 aromatic rings. The zero-order chi connectivity index (χ0) is 10.1. The van der Waals surface area contributed by atoms with Gasteiger partial charge in [-0.3, -0.25) is 4.18 Å². The van der Waals surface area contributed by atoms with Crippen LogP contribution in [-0.2, 0) is 13.5 Å². The molecule has 76 valence electrons. The highest BCUT2D eigenvalue weighted by molar-refractivity contribution is 14.1. The molecule has 1 aliphatic carbocycles. The lowest BCUT2D eigenvalue weighted by Crippen LogP contribution is -2.28. The highest BCUT2D eigenvalue weighted by Crippen LogP contribution is 2.31. The number of allylic oxidation sites excluding steroid dienone is 1. The second-order valence-corrected chi connectivity index (χ2v) is 6.42. The van der Waals surface area contributed by atoms with Crippen LogP contribution in [0.1, 0.15) is 12.8 Å². The molecule has 0 unspecified atom stereocenters. The molecule has 0 aromatic heterocycles. The van der Waals surface area contributed by atoms with E-state index in [1.807, 2.05) is 6.08 Å². The molecule has 0 spiro atoms. The number of rotatable bonds is 2. The largest absolute Gasteiger partial charge is 0.355 e. The van der Waals surface area contributed by atoms with E-state index in [9.17, 15) is 8.42 Å². The topological polar surface area (TPSA) is 43.4 Å². The molecule has 2 atom stereocenters. The summed E-state index contributed by atoms with van der Waals surface area (Å²) in [7, 11) is 1.03. The summed E-state index contributed by atoms with van der Waals surface area (Å²) in [6.45, 7) is 0. The van der Waals surface area contributed by atoms with Gasteiger partial charge in [0, 0.05) is 14.3 Å². The zero-order valence-corrected chi connectivity index (χ0v) is 10.9. The molecular weight excluding hydrogens is 350 g/mol. The molecule has 1 rings (SSSR count). The Hall–Kier alpha value is 0.960. The number of hydrogen-bond donors (Lipinski definition) is 0. The minimum absolute atomic E-state index is 0.414. The minimum Gasteiger partial charge on any atom is -0.253 e. The third-order valence-corrected chi connectivity index (χ3v) is 4.31. The van der Waals surface area contributed by atoms with E-state index in [2.05, 4.69) is 26.8 Å². The first kappa shape index (κ1) is 12.0. The van der Waals surface area contributed by atoms with Crippen molar-refractivity contribution in [2.75, 3.05) is 0 Å². The normalized spacial score (nSPS) is 29.9. The monoisotopic (exact) mass is 356 g/mol. The molecule has 0 saturated carbocycles. The second-order valence-electron chi connectivity index (χ2n) is 2.60. The van der Waals surface area contributed by atoms with Crippen LogP contribution in [0.5, 0.6) is 0 Å². The molecule has 0 aliphatic heterocycles. The van der Waals surface area contributed by atoms with Gasteiger partial charge in [0.2, 0.25) is 0 Å². The van der Waals surface area contributed by atoms with Crippen LogP contribution in [-0.4, -0.2) is 19.9 Å². The average molecular weight is 357 g/mol. The number of halogens is 3. The Labute approximate surface area is 100 Å². The first-order valence-corrected chi connectivity index (χ1v) is 7.27. The molecule has 7 heteroatoms. The minimum atomic E-state index is -3.92. The highest BCUT2D eigenvalue weighted by Gasteiger charge is 2.29. The molecular formula is C6H7Cl2IO3S. The van der Waals surface area contributed by atoms with Crippen LogP contribution in [0.4, 0.5) is 0 Å². The fourth-order valence-electron chi connectivity index (χ4n) is 1.07. The molecule has 0 heterocycles. The Balaban J connectivity index is 2.68. The lowest BCUT2D eigenvalue weighted by atomic mass is 10.0. The van der Waals surface area contributed by atoms with Crippen LogP contribution in [0.3, 0.4) is 0 Å². The van der Waals surface area contributed by atoms with E-state index in [-0.39, 0.29) is 0 Å². The van der Waals surface area contributed by atoms with Crippen molar-refractivity contribution in [3.05, 3.63) is 9.66 Å². The Morgan fingerprint density at radius 3 is 2.77 bits per heavy atom. The van der Waals surface area contributed by atoms with Crippen LogP contribution >= 0.6 is 44.9 Å². The quantitative estimate of drug-likeness (QED) is 0.434. The van der Waals surface area contributed by atoms with E-state index < -0.39 is 20.8 Å². The Morgan fingerprint density at radius 1 is 1.62 bits per heavy atom. The Morgan fingerprint density at radius 2 is 2.23 bits per heavy atom. The molecule has 0 aromatic carbocycles. The van der Waals surface area contributed by atoms with Gasteiger partial charge >= 0.3 is 9.33 Å². The molecule has 0 radical (unpaired) electrons. The van der Waals surface area contributed by atoms with Gasteiger partial charge in [0.25, 0.3) is 0 Å². The van der Waals surface area contributed by atoms with E-state index in [0.717, 1.165) is 10.0 Å². The lowest BCUT2D eigenvalue weighted by Gasteiger charge is -2.23. The fraction of sp³-hybridized carbons (Fsp3) is 0.667. The van der Waals surface area contributed by atoms with Crippen molar-refractivity contribution in [1.29, 1.82) is 0 Å². The van der Waals surface area contributed by atoms with Crippen LogP contribution < -0.4 is 0 Å². The molecule has 13 heavy (non-hydrogen) atoms. The van der Waals surface area contributed by atoms with Crippen LogP contribution in [0.15, 0.2) is 9.66 Å². The van der Waals surface area contributed by atoms with Gasteiger partial charge in [-0.1, -0.05) is 6.08 Å². The van der Waals surface area contributed by atoms with Crippen molar-refractivity contribution in [2.45, 2.75) is 24.3 Å². The van der Waals surface area contributed by atoms with Crippen molar-refractivity contribution in [2.24, 2.45) is 0 Å². The Bertz CT molecular complexity index is 314. The van der Waals surface area contributed by atoms with Crippen LogP contribution in [0.25, 0.3) is 0 Å². The van der Waals surface area contributed by atoms with Crippen molar-refractivity contribution in [3.8, 4) is 0 Å². The maximum atomic E-state index is 10.6. The summed E-state index contributed by atoms with van der Waals surface area (Å²) >= 11 is 7.98. The van der Waals surface area contributed by atoms with E-state index in [1.54, 1.807) is 0 Å². The van der Waals surface area contributed by atoms with E-state index >= 15 is 0 Å². The second kappa shape index (κ2) is 4.65. The number of alkyl halides is 1. The lowest BCUT2D eigenvalue weighted by molar-refractivity contribution is 0.207. The predicted octanol–water partition coefficient (Wildman–Crippen LogP) is 2.58. The van der Waals surface area contributed by atoms with E-state index in [1.165, 1.54) is 0 Å².